The van der Waals surface area contributed by atoms with Crippen LogP contribution in [-0.4, -0.2) is 33.2 Å². The van der Waals surface area contributed by atoms with E-state index in [-0.39, 0.29) is 5.97 Å². The monoisotopic (exact) mass is 458 g/mol. The molecule has 8 heteroatoms. The topological polar surface area (TPSA) is 81.4 Å². The van der Waals surface area contributed by atoms with E-state index >= 15 is 0 Å². The average Bonchev–Trinajstić information content (AvgIpc) is 3.49. The Labute approximate surface area is 189 Å². The van der Waals surface area contributed by atoms with Gasteiger partial charge in [-0.25, -0.2) is 14.6 Å². The molecular weight excluding hydrogens is 432 g/mol. The van der Waals surface area contributed by atoms with E-state index in [1.807, 2.05) is 29.7 Å². The number of nitrogens with zero attached hydrogens (tertiary/aromatic N) is 2. The molecule has 6 nitrogen and oxygen atoms in total. The van der Waals surface area contributed by atoms with Gasteiger partial charge in [-0.05, 0) is 43.0 Å². The molecule has 31 heavy (non-hydrogen) atoms. The van der Waals surface area contributed by atoms with Crippen molar-refractivity contribution in [2.24, 2.45) is 0 Å². The highest BCUT2D eigenvalue weighted by Gasteiger charge is 2.17. The second kappa shape index (κ2) is 11.1. The zero-order chi connectivity index (χ0) is 22.2. The third-order valence-corrected chi connectivity index (χ3v) is 6.65. The number of carbonyl (C=O) groups excluding carboxylic acids is 1. The van der Waals surface area contributed by atoms with Crippen LogP contribution in [0.15, 0.2) is 41.4 Å². The Morgan fingerprint density at radius 2 is 2.06 bits per heavy atom. The lowest BCUT2D eigenvalue weighted by Gasteiger charge is -2.11. The number of carboxylic acids is 1. The van der Waals surface area contributed by atoms with Crippen molar-refractivity contribution in [3.63, 3.8) is 0 Å². The number of carbonyl (C=O) groups is 2. The van der Waals surface area contributed by atoms with E-state index in [0.29, 0.717) is 30.0 Å². The van der Waals surface area contributed by atoms with Gasteiger partial charge in [-0.15, -0.1) is 22.7 Å². The summed E-state index contributed by atoms with van der Waals surface area (Å²) >= 11 is 2.86. The Bertz CT molecular complexity index is 1050. The Balaban J connectivity index is 1.97. The van der Waals surface area contributed by atoms with Crippen molar-refractivity contribution in [2.45, 2.75) is 46.1 Å². The normalized spacial score (nSPS) is 11.6. The SMILES string of the molecule is CCCCc1ncc(/C=C(\Cc2cccs2)C(=O)OCC)n1Cc1ccc(C(=O)O)s1. The van der Waals surface area contributed by atoms with Crippen LogP contribution in [0, 0.1) is 0 Å². The molecule has 0 unspecified atom stereocenters. The second-order valence-corrected chi connectivity index (χ2v) is 9.21. The number of aryl methyl sites for hydroxylation is 1. The van der Waals surface area contributed by atoms with Gasteiger partial charge in [-0.1, -0.05) is 19.4 Å². The lowest BCUT2D eigenvalue weighted by atomic mass is 10.1. The van der Waals surface area contributed by atoms with E-state index in [4.69, 9.17) is 4.74 Å². The van der Waals surface area contributed by atoms with Gasteiger partial charge in [0.25, 0.3) is 0 Å². The predicted octanol–water partition coefficient (Wildman–Crippen LogP) is 5.28. The summed E-state index contributed by atoms with van der Waals surface area (Å²) in [5.74, 6) is -0.325. The first-order valence-electron chi connectivity index (χ1n) is 10.3. The van der Waals surface area contributed by atoms with Gasteiger partial charge in [0.15, 0.2) is 0 Å². The van der Waals surface area contributed by atoms with Gasteiger partial charge in [0, 0.05) is 28.2 Å². The maximum absolute atomic E-state index is 12.6. The van der Waals surface area contributed by atoms with Crippen molar-refractivity contribution in [3.8, 4) is 0 Å². The molecule has 0 aliphatic rings. The molecule has 1 N–H and O–H groups in total. The number of hydrogen-bond acceptors (Lipinski definition) is 6. The molecule has 0 saturated heterocycles. The smallest absolute Gasteiger partial charge is 0.345 e. The van der Waals surface area contributed by atoms with E-state index in [9.17, 15) is 14.7 Å². The maximum atomic E-state index is 12.6. The highest BCUT2D eigenvalue weighted by molar-refractivity contribution is 7.13. The molecule has 0 spiro atoms. The van der Waals surface area contributed by atoms with E-state index in [2.05, 4.69) is 16.5 Å². The number of rotatable bonds is 11. The molecule has 0 radical (unpaired) electrons. The minimum atomic E-state index is -0.922. The summed E-state index contributed by atoms with van der Waals surface area (Å²) in [6.07, 6.45) is 7.00. The first-order chi connectivity index (χ1) is 15.0. The van der Waals surface area contributed by atoms with Crippen LogP contribution in [0.25, 0.3) is 6.08 Å². The van der Waals surface area contributed by atoms with Crippen LogP contribution in [0.3, 0.4) is 0 Å². The molecule has 164 valence electrons. The number of unbranched alkanes of at least 4 members (excludes halogenated alkanes) is 1. The maximum Gasteiger partial charge on any atom is 0.345 e. The Morgan fingerprint density at radius 1 is 1.23 bits per heavy atom. The highest BCUT2D eigenvalue weighted by Crippen LogP contribution is 2.23. The van der Waals surface area contributed by atoms with Crippen LogP contribution in [0.5, 0.6) is 0 Å². The molecule has 3 heterocycles. The summed E-state index contributed by atoms with van der Waals surface area (Å²) in [5.41, 5.74) is 1.39. The van der Waals surface area contributed by atoms with Crippen molar-refractivity contribution in [1.82, 2.24) is 9.55 Å². The van der Waals surface area contributed by atoms with E-state index in [1.54, 1.807) is 30.5 Å². The Kier molecular flexibility index (Phi) is 8.20. The molecule has 3 rings (SSSR count). The summed E-state index contributed by atoms with van der Waals surface area (Å²) in [6, 6.07) is 7.43. The Morgan fingerprint density at radius 3 is 2.71 bits per heavy atom. The number of thiophene rings is 2. The Hall–Kier alpha value is -2.71. The molecule has 3 aromatic rings. The lowest BCUT2D eigenvalue weighted by Crippen LogP contribution is -2.11. The van der Waals surface area contributed by atoms with Crippen LogP contribution < -0.4 is 0 Å². The molecule has 0 bridgehead atoms. The van der Waals surface area contributed by atoms with Crippen LogP contribution in [0.4, 0.5) is 0 Å². The van der Waals surface area contributed by atoms with Crippen molar-refractivity contribution >= 4 is 40.7 Å². The second-order valence-electron chi connectivity index (χ2n) is 7.01. The van der Waals surface area contributed by atoms with Crippen LogP contribution in [0.2, 0.25) is 0 Å². The van der Waals surface area contributed by atoms with Gasteiger partial charge in [-0.3, -0.25) is 0 Å². The predicted molar refractivity (Wildman–Crippen MR) is 124 cm³/mol. The summed E-state index contributed by atoms with van der Waals surface area (Å²) in [6.45, 7) is 4.75. The van der Waals surface area contributed by atoms with Crippen LogP contribution in [0.1, 0.15) is 57.6 Å². The fraction of sp³-hybridized carbons (Fsp3) is 0.348. The summed E-state index contributed by atoms with van der Waals surface area (Å²) < 4.78 is 7.36. The number of ether oxygens (including phenoxy) is 1. The molecule has 0 fully saturated rings. The van der Waals surface area contributed by atoms with E-state index in [1.165, 1.54) is 11.3 Å². The van der Waals surface area contributed by atoms with Gasteiger partial charge < -0.3 is 14.4 Å². The average molecular weight is 459 g/mol. The fourth-order valence-corrected chi connectivity index (χ4v) is 4.74. The van der Waals surface area contributed by atoms with Crippen molar-refractivity contribution in [3.05, 3.63) is 67.6 Å². The van der Waals surface area contributed by atoms with Gasteiger partial charge in [0.05, 0.1) is 25.0 Å². The fourth-order valence-electron chi connectivity index (χ4n) is 3.18. The lowest BCUT2D eigenvalue weighted by molar-refractivity contribution is -0.138. The molecule has 0 saturated carbocycles. The molecule has 0 aromatic carbocycles. The minimum Gasteiger partial charge on any atom is -0.477 e. The third kappa shape index (κ3) is 6.15. The molecule has 0 aliphatic heterocycles. The van der Waals surface area contributed by atoms with Crippen molar-refractivity contribution < 1.29 is 19.4 Å². The zero-order valence-electron chi connectivity index (χ0n) is 17.7. The first-order valence-corrected chi connectivity index (χ1v) is 12.0. The van der Waals surface area contributed by atoms with E-state index in [0.717, 1.165) is 40.5 Å². The number of aromatic nitrogens is 2. The minimum absolute atomic E-state index is 0.312. The van der Waals surface area contributed by atoms with Crippen LogP contribution in [-0.2, 0) is 28.9 Å². The van der Waals surface area contributed by atoms with E-state index < -0.39 is 5.97 Å². The number of imidazole rings is 1. The standard InChI is InChI=1S/C23H26N2O4S2/c1-3-5-8-21-24-14-17(25(21)15-19-9-10-20(31-19)22(26)27)12-16(23(28)29-4-2)13-18-7-6-11-30-18/h6-7,9-12,14H,3-5,8,13,15H2,1-2H3,(H,26,27)/b16-12+. The van der Waals surface area contributed by atoms with Gasteiger partial charge in [0.1, 0.15) is 10.7 Å². The van der Waals surface area contributed by atoms with Crippen LogP contribution >= 0.6 is 22.7 Å². The van der Waals surface area contributed by atoms with Gasteiger partial charge >= 0.3 is 11.9 Å². The van der Waals surface area contributed by atoms with Crippen molar-refractivity contribution in [1.29, 1.82) is 0 Å². The summed E-state index contributed by atoms with van der Waals surface area (Å²) in [5, 5.41) is 11.2. The number of esters is 1. The summed E-state index contributed by atoms with van der Waals surface area (Å²) in [4.78, 5) is 30.8. The molecule has 0 atom stereocenters. The highest BCUT2D eigenvalue weighted by atomic mass is 32.1. The molecule has 0 amide bonds. The third-order valence-electron chi connectivity index (χ3n) is 4.71. The van der Waals surface area contributed by atoms with Crippen molar-refractivity contribution in [2.75, 3.05) is 6.61 Å². The zero-order valence-corrected chi connectivity index (χ0v) is 19.3. The first kappa shape index (κ1) is 23.0. The molecular formula is C23H26N2O4S2. The number of hydrogen-bond donors (Lipinski definition) is 1. The largest absolute Gasteiger partial charge is 0.477 e. The number of aromatic carboxylic acids is 1. The molecule has 0 aliphatic carbocycles. The number of carboxylic acid groups (broad SMARTS) is 1. The van der Waals surface area contributed by atoms with Gasteiger partial charge in [0.2, 0.25) is 0 Å². The quantitative estimate of drug-likeness (QED) is 0.312. The van der Waals surface area contributed by atoms with Gasteiger partial charge in [-0.2, -0.15) is 0 Å². The summed E-state index contributed by atoms with van der Waals surface area (Å²) in [7, 11) is 0. The molecule has 3 aromatic heterocycles.